The number of aryl methyl sites for hydroxylation is 2. The fourth-order valence-electron chi connectivity index (χ4n) is 4.49. The second-order valence-electron chi connectivity index (χ2n) is 9.34. The Kier molecular flexibility index (Phi) is 8.65. The Labute approximate surface area is 218 Å². The number of fused-ring (bicyclic) bond motifs is 1. The normalized spacial score (nSPS) is 11.8. The van der Waals surface area contributed by atoms with Crippen molar-refractivity contribution < 1.29 is 31.1 Å². The Balaban J connectivity index is 1.45. The number of rotatable bonds is 10. The van der Waals surface area contributed by atoms with Gasteiger partial charge in [0.05, 0.1) is 6.61 Å². The summed E-state index contributed by atoms with van der Waals surface area (Å²) in [6.07, 6.45) is -0.517. The summed E-state index contributed by atoms with van der Waals surface area (Å²) in [6.45, 7) is 2.85. The predicted molar refractivity (Wildman–Crippen MR) is 138 cm³/mol. The molecule has 0 saturated heterocycles. The first-order valence-electron chi connectivity index (χ1n) is 12.7. The van der Waals surface area contributed by atoms with Gasteiger partial charge in [0.2, 0.25) is 0 Å². The van der Waals surface area contributed by atoms with E-state index in [9.17, 15) is 22.0 Å². The first-order valence-corrected chi connectivity index (χ1v) is 12.7. The summed E-state index contributed by atoms with van der Waals surface area (Å²) >= 11 is 0. The smallest absolute Gasteiger partial charge is 0.422 e. The molecule has 0 atom stereocenters. The lowest BCUT2D eigenvalue weighted by molar-refractivity contribution is -0.142. The van der Waals surface area contributed by atoms with Crippen molar-refractivity contribution in [1.82, 2.24) is 0 Å². The number of benzene rings is 4. The van der Waals surface area contributed by atoms with E-state index in [4.69, 9.17) is 4.74 Å². The zero-order chi connectivity index (χ0) is 27.3. The highest BCUT2D eigenvalue weighted by molar-refractivity contribution is 5.88. The molecule has 0 aromatic heterocycles. The Bertz CT molecular complexity index is 1370. The molecule has 4 aromatic carbocycles. The minimum Gasteiger partial charge on any atom is -0.494 e. The highest BCUT2D eigenvalue weighted by atomic mass is 19.4. The van der Waals surface area contributed by atoms with Crippen molar-refractivity contribution in [1.29, 1.82) is 0 Å². The molecule has 0 heterocycles. The highest BCUT2D eigenvalue weighted by Crippen LogP contribution is 2.34. The van der Waals surface area contributed by atoms with Gasteiger partial charge in [-0.25, -0.2) is 13.2 Å². The SMILES string of the molecule is CCCCCCOc1ccc(-c2ccc3c(F)c(CCc4cc(F)c(C(F)(F)F)c(F)c4)ccc3c2)cc1. The van der Waals surface area contributed by atoms with Crippen LogP contribution in [-0.2, 0) is 19.0 Å². The topological polar surface area (TPSA) is 9.23 Å². The van der Waals surface area contributed by atoms with Crippen LogP contribution in [0.5, 0.6) is 5.75 Å². The Morgan fingerprint density at radius 2 is 1.39 bits per heavy atom. The van der Waals surface area contributed by atoms with Crippen molar-refractivity contribution in [2.24, 2.45) is 0 Å². The van der Waals surface area contributed by atoms with E-state index in [1.807, 2.05) is 36.4 Å². The monoisotopic (exact) mass is 530 g/mol. The third-order valence-corrected chi connectivity index (χ3v) is 6.56. The second-order valence-corrected chi connectivity index (χ2v) is 9.34. The van der Waals surface area contributed by atoms with Gasteiger partial charge in [-0.1, -0.05) is 62.6 Å². The molecular weight excluding hydrogens is 502 g/mol. The molecule has 1 nitrogen and oxygen atoms in total. The minimum atomic E-state index is -5.13. The average molecular weight is 531 g/mol. The molecule has 4 aromatic rings. The van der Waals surface area contributed by atoms with E-state index < -0.39 is 29.2 Å². The number of unbranched alkanes of at least 4 members (excludes halogenated alkanes) is 3. The predicted octanol–water partition coefficient (Wildman–Crippen LogP) is 9.69. The molecule has 7 heteroatoms. The summed E-state index contributed by atoms with van der Waals surface area (Å²) in [6, 6.07) is 17.8. The van der Waals surface area contributed by atoms with Gasteiger partial charge in [-0.3, -0.25) is 0 Å². The van der Waals surface area contributed by atoms with Crippen molar-refractivity contribution in [2.75, 3.05) is 6.61 Å². The summed E-state index contributed by atoms with van der Waals surface area (Å²) in [4.78, 5) is 0. The number of ether oxygens (including phenoxy) is 1. The number of hydrogen-bond acceptors (Lipinski definition) is 1. The van der Waals surface area contributed by atoms with Crippen LogP contribution in [0.4, 0.5) is 26.3 Å². The van der Waals surface area contributed by atoms with E-state index in [0.29, 0.717) is 35.1 Å². The molecule has 0 unspecified atom stereocenters. The molecule has 38 heavy (non-hydrogen) atoms. The van der Waals surface area contributed by atoms with Crippen molar-refractivity contribution in [3.63, 3.8) is 0 Å². The molecule has 0 bridgehead atoms. The van der Waals surface area contributed by atoms with Crippen molar-refractivity contribution >= 4 is 10.8 Å². The Hall–Kier alpha value is -3.48. The third kappa shape index (κ3) is 6.50. The lowest BCUT2D eigenvalue weighted by atomic mass is 9.97. The van der Waals surface area contributed by atoms with Gasteiger partial charge < -0.3 is 4.74 Å². The average Bonchev–Trinajstić information content (AvgIpc) is 2.87. The molecule has 200 valence electrons. The van der Waals surface area contributed by atoms with Crippen molar-refractivity contribution in [2.45, 2.75) is 51.6 Å². The lowest BCUT2D eigenvalue weighted by Gasteiger charge is -2.12. The van der Waals surface area contributed by atoms with E-state index in [-0.39, 0.29) is 18.4 Å². The minimum absolute atomic E-state index is 0.0144. The first-order chi connectivity index (χ1) is 18.2. The highest BCUT2D eigenvalue weighted by Gasteiger charge is 2.37. The lowest BCUT2D eigenvalue weighted by Crippen LogP contribution is -2.12. The van der Waals surface area contributed by atoms with E-state index in [1.165, 1.54) is 12.8 Å². The molecule has 4 rings (SSSR count). The van der Waals surface area contributed by atoms with E-state index in [1.54, 1.807) is 18.2 Å². The van der Waals surface area contributed by atoms with Crippen molar-refractivity contribution in [3.05, 3.63) is 101 Å². The number of halogens is 6. The molecule has 0 aliphatic heterocycles. The maximum absolute atomic E-state index is 15.2. The molecule has 0 aliphatic carbocycles. The maximum atomic E-state index is 15.2. The van der Waals surface area contributed by atoms with Gasteiger partial charge in [-0.2, -0.15) is 13.2 Å². The standard InChI is InChI=1S/C31H28F6O/c1-2-3-4-5-16-38-25-13-10-21(11-14-25)23-12-15-26-24(19-23)9-8-22(30(26)34)7-6-20-17-27(32)29(28(33)18-20)31(35,36)37/h8-15,17-19H,2-7,16H2,1H3. The third-order valence-electron chi connectivity index (χ3n) is 6.56. The Morgan fingerprint density at radius 1 is 0.711 bits per heavy atom. The molecule has 0 saturated carbocycles. The van der Waals surface area contributed by atoms with Gasteiger partial charge in [0.25, 0.3) is 0 Å². The van der Waals surface area contributed by atoms with Crippen LogP contribution >= 0.6 is 0 Å². The summed E-state index contributed by atoms with van der Waals surface area (Å²) in [7, 11) is 0. The van der Waals surface area contributed by atoms with Crippen LogP contribution in [0.3, 0.4) is 0 Å². The molecule has 0 aliphatic rings. The molecule has 0 radical (unpaired) electrons. The van der Waals surface area contributed by atoms with Gasteiger partial charge in [0.1, 0.15) is 28.8 Å². The molecule has 0 spiro atoms. The summed E-state index contributed by atoms with van der Waals surface area (Å²) < 4.78 is 87.1. The van der Waals surface area contributed by atoms with E-state index >= 15 is 4.39 Å². The van der Waals surface area contributed by atoms with Crippen LogP contribution in [0.25, 0.3) is 21.9 Å². The van der Waals surface area contributed by atoms with Crippen LogP contribution < -0.4 is 4.74 Å². The zero-order valence-corrected chi connectivity index (χ0v) is 21.0. The summed E-state index contributed by atoms with van der Waals surface area (Å²) in [5, 5.41) is 1.08. The van der Waals surface area contributed by atoms with Gasteiger partial charge in [0, 0.05) is 5.39 Å². The largest absolute Gasteiger partial charge is 0.494 e. The van der Waals surface area contributed by atoms with Gasteiger partial charge >= 0.3 is 6.18 Å². The van der Waals surface area contributed by atoms with Crippen LogP contribution in [0.15, 0.2) is 66.7 Å². The van der Waals surface area contributed by atoms with Crippen LogP contribution in [0, 0.1) is 17.5 Å². The van der Waals surface area contributed by atoms with Crippen LogP contribution in [-0.4, -0.2) is 6.61 Å². The maximum Gasteiger partial charge on any atom is 0.422 e. The fraction of sp³-hybridized carbons (Fsp3) is 0.290. The van der Waals surface area contributed by atoms with Crippen molar-refractivity contribution in [3.8, 4) is 16.9 Å². The number of hydrogen-bond donors (Lipinski definition) is 0. The van der Waals surface area contributed by atoms with E-state index in [0.717, 1.165) is 29.7 Å². The fourth-order valence-corrected chi connectivity index (χ4v) is 4.49. The van der Waals surface area contributed by atoms with Crippen LogP contribution in [0.1, 0.15) is 49.3 Å². The summed E-state index contributed by atoms with van der Waals surface area (Å²) in [5.41, 5.74) is 0.289. The van der Waals surface area contributed by atoms with E-state index in [2.05, 4.69) is 6.92 Å². The van der Waals surface area contributed by atoms with Crippen LogP contribution in [0.2, 0.25) is 0 Å². The van der Waals surface area contributed by atoms with Gasteiger partial charge in [-0.05, 0) is 77.2 Å². The second kappa shape index (κ2) is 11.9. The Morgan fingerprint density at radius 3 is 2.05 bits per heavy atom. The van der Waals surface area contributed by atoms with Gasteiger partial charge in [-0.15, -0.1) is 0 Å². The first kappa shape index (κ1) is 27.6. The molecule has 0 N–H and O–H groups in total. The zero-order valence-electron chi connectivity index (χ0n) is 21.0. The quantitative estimate of drug-likeness (QED) is 0.147. The van der Waals surface area contributed by atoms with Gasteiger partial charge in [0.15, 0.2) is 0 Å². The number of alkyl halides is 3. The molecule has 0 amide bonds. The molecule has 0 fully saturated rings. The molecular formula is C31H28F6O. The summed E-state index contributed by atoms with van der Waals surface area (Å²) in [5.74, 6) is -3.01.